The van der Waals surface area contributed by atoms with Crippen LogP contribution in [0.15, 0.2) is 28.7 Å². The molecule has 0 heterocycles. The van der Waals surface area contributed by atoms with Crippen molar-refractivity contribution in [2.24, 2.45) is 0 Å². The van der Waals surface area contributed by atoms with Gasteiger partial charge in [-0.25, -0.2) is 0 Å². The lowest BCUT2D eigenvalue weighted by molar-refractivity contribution is -0.121. The quantitative estimate of drug-likeness (QED) is 0.851. The number of carbonyl (C=O) groups excluding carboxylic acids is 1. The number of alkyl halides is 1. The number of benzene rings is 1. The Bertz CT molecular complexity index is 337. The van der Waals surface area contributed by atoms with Gasteiger partial charge >= 0.3 is 0 Å². The molecule has 0 aliphatic carbocycles. The van der Waals surface area contributed by atoms with E-state index in [0.29, 0.717) is 0 Å². The second-order valence-corrected chi connectivity index (χ2v) is 4.97. The fourth-order valence-electron chi connectivity index (χ4n) is 1.16. The smallest absolute Gasteiger partial charge is 0.238 e. The van der Waals surface area contributed by atoms with E-state index in [0.717, 1.165) is 10.0 Å². The van der Waals surface area contributed by atoms with E-state index in [1.165, 1.54) is 0 Å². The third kappa shape index (κ3) is 3.84. The molecule has 0 aliphatic rings. The standard InChI is InChI=1S/C11H13BrClNO/c1-7(13)11(15)14-8(2)9-3-5-10(12)6-4-9/h3-8H,1-2H3,(H,14,15)/t7?,8-/m1/s1. The summed E-state index contributed by atoms with van der Waals surface area (Å²) in [5, 5.41) is 2.33. The molecule has 0 aliphatic heterocycles. The van der Waals surface area contributed by atoms with Crippen molar-refractivity contribution < 1.29 is 4.79 Å². The predicted octanol–water partition coefficient (Wildman–Crippen LogP) is 3.25. The van der Waals surface area contributed by atoms with Gasteiger partial charge in [0.25, 0.3) is 0 Å². The van der Waals surface area contributed by atoms with Gasteiger partial charge in [-0.2, -0.15) is 0 Å². The third-order valence-electron chi connectivity index (χ3n) is 2.09. The van der Waals surface area contributed by atoms with Gasteiger partial charge in [0.2, 0.25) is 5.91 Å². The molecular weight excluding hydrogens is 277 g/mol. The summed E-state index contributed by atoms with van der Waals surface area (Å²) in [6.45, 7) is 3.59. The van der Waals surface area contributed by atoms with Crippen molar-refractivity contribution in [3.63, 3.8) is 0 Å². The first-order chi connectivity index (χ1) is 7.00. The van der Waals surface area contributed by atoms with E-state index in [9.17, 15) is 4.79 Å². The second kappa shape index (κ2) is 5.52. The number of nitrogens with one attached hydrogen (secondary N) is 1. The number of hydrogen-bond donors (Lipinski definition) is 1. The molecule has 0 aromatic heterocycles. The van der Waals surface area contributed by atoms with E-state index in [2.05, 4.69) is 21.2 Å². The first kappa shape index (κ1) is 12.5. The van der Waals surface area contributed by atoms with Crippen LogP contribution in [0.3, 0.4) is 0 Å². The van der Waals surface area contributed by atoms with Gasteiger partial charge in [-0.05, 0) is 31.5 Å². The molecule has 1 aromatic rings. The summed E-state index contributed by atoms with van der Waals surface area (Å²) in [5.74, 6) is -0.146. The zero-order valence-corrected chi connectivity index (χ0v) is 11.0. The maximum absolute atomic E-state index is 11.3. The lowest BCUT2D eigenvalue weighted by Crippen LogP contribution is -2.31. The van der Waals surface area contributed by atoms with Crippen LogP contribution in [-0.4, -0.2) is 11.3 Å². The predicted molar refractivity (Wildman–Crippen MR) is 66.0 cm³/mol. The summed E-state index contributed by atoms with van der Waals surface area (Å²) in [4.78, 5) is 11.3. The van der Waals surface area contributed by atoms with Crippen LogP contribution in [0.2, 0.25) is 0 Å². The molecule has 2 atom stereocenters. The van der Waals surface area contributed by atoms with E-state index >= 15 is 0 Å². The second-order valence-electron chi connectivity index (χ2n) is 3.40. The zero-order chi connectivity index (χ0) is 11.4. The Labute approximate surface area is 103 Å². The van der Waals surface area contributed by atoms with E-state index < -0.39 is 5.38 Å². The lowest BCUT2D eigenvalue weighted by Gasteiger charge is -2.15. The van der Waals surface area contributed by atoms with Crippen molar-refractivity contribution in [3.05, 3.63) is 34.3 Å². The Balaban J connectivity index is 2.65. The summed E-state index contributed by atoms with van der Waals surface area (Å²) in [5.41, 5.74) is 1.06. The van der Waals surface area contributed by atoms with Crippen LogP contribution in [0.25, 0.3) is 0 Å². The molecule has 2 nitrogen and oxygen atoms in total. The first-order valence-electron chi connectivity index (χ1n) is 4.70. The Kier molecular flexibility index (Phi) is 4.61. The van der Waals surface area contributed by atoms with E-state index in [1.54, 1.807) is 6.92 Å². The molecule has 0 saturated heterocycles. The van der Waals surface area contributed by atoms with Crippen LogP contribution in [0.5, 0.6) is 0 Å². The summed E-state index contributed by atoms with van der Waals surface area (Å²) in [6.07, 6.45) is 0. The van der Waals surface area contributed by atoms with E-state index in [1.807, 2.05) is 31.2 Å². The summed E-state index contributed by atoms with van der Waals surface area (Å²) in [6, 6.07) is 7.80. The monoisotopic (exact) mass is 289 g/mol. The van der Waals surface area contributed by atoms with Crippen LogP contribution in [0.4, 0.5) is 0 Å². The maximum Gasteiger partial charge on any atom is 0.238 e. The SMILES string of the molecule is CC(Cl)C(=O)N[C@H](C)c1ccc(Br)cc1. The average Bonchev–Trinajstić information content (AvgIpc) is 2.18. The molecular formula is C11H13BrClNO. The van der Waals surface area contributed by atoms with Crippen molar-refractivity contribution >= 4 is 33.4 Å². The Morgan fingerprint density at radius 1 is 1.33 bits per heavy atom. The highest BCUT2D eigenvalue weighted by molar-refractivity contribution is 9.10. The van der Waals surface area contributed by atoms with Crippen molar-refractivity contribution in [1.82, 2.24) is 5.32 Å². The van der Waals surface area contributed by atoms with Crippen molar-refractivity contribution in [2.75, 3.05) is 0 Å². The van der Waals surface area contributed by atoms with Crippen molar-refractivity contribution in [1.29, 1.82) is 0 Å². The van der Waals surface area contributed by atoms with Gasteiger partial charge in [-0.15, -0.1) is 11.6 Å². The molecule has 15 heavy (non-hydrogen) atoms. The molecule has 1 unspecified atom stereocenters. The van der Waals surface area contributed by atoms with Gasteiger partial charge in [0.05, 0.1) is 6.04 Å². The minimum Gasteiger partial charge on any atom is -0.348 e. The van der Waals surface area contributed by atoms with Gasteiger partial charge in [0.1, 0.15) is 5.38 Å². The van der Waals surface area contributed by atoms with Crippen LogP contribution >= 0.6 is 27.5 Å². The van der Waals surface area contributed by atoms with Crippen molar-refractivity contribution in [3.8, 4) is 0 Å². The summed E-state index contributed by atoms with van der Waals surface area (Å²) >= 11 is 9.03. The maximum atomic E-state index is 11.3. The highest BCUT2D eigenvalue weighted by Gasteiger charge is 2.13. The molecule has 1 amide bonds. The fourth-order valence-corrected chi connectivity index (χ4v) is 1.49. The molecule has 0 fully saturated rings. The third-order valence-corrected chi connectivity index (χ3v) is 2.82. The first-order valence-corrected chi connectivity index (χ1v) is 5.93. The Morgan fingerprint density at radius 3 is 2.33 bits per heavy atom. The normalized spacial score (nSPS) is 14.4. The number of carbonyl (C=O) groups is 1. The molecule has 0 spiro atoms. The minimum absolute atomic E-state index is 0.0215. The molecule has 1 aromatic carbocycles. The molecule has 1 rings (SSSR count). The number of halogens is 2. The Hall–Kier alpha value is -0.540. The molecule has 0 saturated carbocycles. The van der Waals surface area contributed by atoms with Crippen LogP contribution in [-0.2, 0) is 4.79 Å². The molecule has 1 N–H and O–H groups in total. The Morgan fingerprint density at radius 2 is 1.87 bits per heavy atom. The van der Waals surface area contributed by atoms with Gasteiger partial charge < -0.3 is 5.32 Å². The fraction of sp³-hybridized carbons (Fsp3) is 0.364. The summed E-state index contributed by atoms with van der Waals surface area (Å²) in [7, 11) is 0. The largest absolute Gasteiger partial charge is 0.348 e. The van der Waals surface area contributed by atoms with Crippen LogP contribution in [0.1, 0.15) is 25.5 Å². The van der Waals surface area contributed by atoms with Gasteiger partial charge in [-0.1, -0.05) is 28.1 Å². The molecule has 4 heteroatoms. The van der Waals surface area contributed by atoms with Gasteiger partial charge in [0, 0.05) is 4.47 Å². The average molecular weight is 291 g/mol. The van der Waals surface area contributed by atoms with Crippen LogP contribution in [0, 0.1) is 0 Å². The van der Waals surface area contributed by atoms with E-state index in [4.69, 9.17) is 11.6 Å². The lowest BCUT2D eigenvalue weighted by atomic mass is 10.1. The van der Waals surface area contributed by atoms with Crippen LogP contribution < -0.4 is 5.32 Å². The zero-order valence-electron chi connectivity index (χ0n) is 8.63. The van der Waals surface area contributed by atoms with Gasteiger partial charge in [-0.3, -0.25) is 4.79 Å². The summed E-state index contributed by atoms with van der Waals surface area (Å²) < 4.78 is 1.02. The van der Waals surface area contributed by atoms with Gasteiger partial charge in [0.15, 0.2) is 0 Å². The number of amides is 1. The molecule has 0 bridgehead atoms. The molecule has 0 radical (unpaired) electrons. The topological polar surface area (TPSA) is 29.1 Å². The highest BCUT2D eigenvalue weighted by atomic mass is 79.9. The highest BCUT2D eigenvalue weighted by Crippen LogP contribution is 2.16. The van der Waals surface area contributed by atoms with E-state index in [-0.39, 0.29) is 11.9 Å². The van der Waals surface area contributed by atoms with Crippen molar-refractivity contribution in [2.45, 2.75) is 25.3 Å². The number of rotatable bonds is 3. The molecule has 82 valence electrons. The minimum atomic E-state index is -0.497. The number of hydrogen-bond acceptors (Lipinski definition) is 1.